The molecule has 2 rings (SSSR count). The van der Waals surface area contributed by atoms with Crippen molar-refractivity contribution in [2.24, 2.45) is 0 Å². The molecule has 3 N–H and O–H groups in total. The highest BCUT2D eigenvalue weighted by molar-refractivity contribution is 8.01. The van der Waals surface area contributed by atoms with E-state index >= 15 is 0 Å². The van der Waals surface area contributed by atoms with Gasteiger partial charge in [0.05, 0.1) is 5.75 Å². The SMILES string of the molecule is CCc1nnc(NC(=O)CSc2nnc(NC(=O)NC(C)(C)C)s2)s1. The molecule has 0 atom stereocenters. The van der Waals surface area contributed by atoms with Crippen LogP contribution in [0, 0.1) is 0 Å². The van der Waals surface area contributed by atoms with E-state index in [1.165, 1.54) is 34.4 Å². The molecule has 2 aromatic heterocycles. The minimum absolute atomic E-state index is 0.170. The van der Waals surface area contributed by atoms with Crippen molar-refractivity contribution >= 4 is 56.6 Å². The molecular formula is C13H19N7O2S3. The predicted molar refractivity (Wildman–Crippen MR) is 100 cm³/mol. The van der Waals surface area contributed by atoms with E-state index < -0.39 is 0 Å². The molecule has 0 saturated heterocycles. The van der Waals surface area contributed by atoms with E-state index in [0.717, 1.165) is 11.4 Å². The molecule has 0 aliphatic rings. The fraction of sp³-hybridized carbons (Fsp3) is 0.538. The van der Waals surface area contributed by atoms with Crippen LogP contribution in [0.2, 0.25) is 0 Å². The van der Waals surface area contributed by atoms with E-state index in [1.807, 2.05) is 27.7 Å². The van der Waals surface area contributed by atoms with E-state index in [1.54, 1.807) is 0 Å². The monoisotopic (exact) mass is 401 g/mol. The van der Waals surface area contributed by atoms with Gasteiger partial charge in [-0.05, 0) is 27.2 Å². The summed E-state index contributed by atoms with van der Waals surface area (Å²) >= 11 is 3.80. The molecule has 0 bridgehead atoms. The summed E-state index contributed by atoms with van der Waals surface area (Å²) in [7, 11) is 0. The average molecular weight is 402 g/mol. The van der Waals surface area contributed by atoms with Crippen LogP contribution in [0.15, 0.2) is 4.34 Å². The van der Waals surface area contributed by atoms with Crippen LogP contribution in [-0.2, 0) is 11.2 Å². The van der Waals surface area contributed by atoms with Gasteiger partial charge in [0.2, 0.25) is 16.2 Å². The van der Waals surface area contributed by atoms with Crippen LogP contribution in [0.25, 0.3) is 0 Å². The molecule has 2 aromatic rings. The maximum atomic E-state index is 11.9. The Hall–Kier alpha value is -1.79. The lowest BCUT2D eigenvalue weighted by Crippen LogP contribution is -2.43. The maximum absolute atomic E-state index is 11.9. The van der Waals surface area contributed by atoms with Crippen LogP contribution in [0.3, 0.4) is 0 Å². The lowest BCUT2D eigenvalue weighted by atomic mass is 10.1. The second kappa shape index (κ2) is 8.54. The zero-order valence-corrected chi connectivity index (χ0v) is 16.7. The third-order valence-corrected chi connectivity index (χ3v) is 5.41. The van der Waals surface area contributed by atoms with Gasteiger partial charge in [-0.2, -0.15) is 0 Å². The maximum Gasteiger partial charge on any atom is 0.321 e. The highest BCUT2D eigenvalue weighted by Crippen LogP contribution is 2.25. The third kappa shape index (κ3) is 6.92. The number of nitrogens with one attached hydrogen (secondary N) is 3. The number of anilines is 2. The highest BCUT2D eigenvalue weighted by atomic mass is 32.2. The van der Waals surface area contributed by atoms with Crippen molar-refractivity contribution in [2.45, 2.75) is 44.0 Å². The first-order chi connectivity index (χ1) is 11.7. The van der Waals surface area contributed by atoms with Crippen LogP contribution in [0.4, 0.5) is 15.1 Å². The summed E-state index contributed by atoms with van der Waals surface area (Å²) in [5, 5.41) is 25.5. The van der Waals surface area contributed by atoms with E-state index in [-0.39, 0.29) is 23.2 Å². The van der Waals surface area contributed by atoms with E-state index in [9.17, 15) is 9.59 Å². The van der Waals surface area contributed by atoms with Crippen molar-refractivity contribution in [3.8, 4) is 0 Å². The summed E-state index contributed by atoms with van der Waals surface area (Å²) in [5.41, 5.74) is -0.341. The minimum Gasteiger partial charge on any atom is -0.333 e. The van der Waals surface area contributed by atoms with Crippen molar-refractivity contribution in [1.29, 1.82) is 0 Å². The highest BCUT2D eigenvalue weighted by Gasteiger charge is 2.16. The Morgan fingerprint density at radius 1 is 1.04 bits per heavy atom. The third-order valence-electron chi connectivity index (χ3n) is 2.46. The number of carbonyl (C=O) groups excluding carboxylic acids is 2. The van der Waals surface area contributed by atoms with E-state index in [4.69, 9.17) is 0 Å². The summed E-state index contributed by atoms with van der Waals surface area (Å²) in [4.78, 5) is 23.7. The van der Waals surface area contributed by atoms with Gasteiger partial charge in [0.15, 0.2) is 4.34 Å². The van der Waals surface area contributed by atoms with Crippen molar-refractivity contribution < 1.29 is 9.59 Å². The van der Waals surface area contributed by atoms with Gasteiger partial charge in [-0.1, -0.05) is 41.4 Å². The van der Waals surface area contributed by atoms with E-state index in [0.29, 0.717) is 14.6 Å². The quantitative estimate of drug-likeness (QED) is 0.502. The molecule has 0 fully saturated rings. The Labute approximate surface area is 157 Å². The molecule has 12 heteroatoms. The fourth-order valence-corrected chi connectivity index (χ4v) is 3.76. The fourth-order valence-electron chi connectivity index (χ4n) is 1.52. The number of thioether (sulfide) groups is 1. The number of nitrogens with zero attached hydrogens (tertiary/aromatic N) is 4. The summed E-state index contributed by atoms with van der Waals surface area (Å²) < 4.78 is 0.590. The zero-order valence-electron chi connectivity index (χ0n) is 14.2. The van der Waals surface area contributed by atoms with Gasteiger partial charge in [0, 0.05) is 5.54 Å². The molecule has 0 unspecified atom stereocenters. The molecule has 0 aliphatic carbocycles. The zero-order chi connectivity index (χ0) is 18.4. The molecule has 0 radical (unpaired) electrons. The Bertz CT molecular complexity index is 738. The number of rotatable bonds is 6. The molecule has 0 saturated carbocycles. The normalized spacial score (nSPS) is 11.2. The number of carbonyl (C=O) groups is 2. The van der Waals surface area contributed by atoms with Gasteiger partial charge in [0.25, 0.3) is 0 Å². The molecule has 3 amide bonds. The molecule has 0 aliphatic heterocycles. The van der Waals surface area contributed by atoms with Crippen LogP contribution in [0.1, 0.15) is 32.7 Å². The number of hydrogen-bond acceptors (Lipinski definition) is 9. The lowest BCUT2D eigenvalue weighted by molar-refractivity contribution is -0.113. The van der Waals surface area contributed by atoms with Gasteiger partial charge >= 0.3 is 6.03 Å². The van der Waals surface area contributed by atoms with E-state index in [2.05, 4.69) is 36.3 Å². The van der Waals surface area contributed by atoms with Crippen LogP contribution >= 0.6 is 34.4 Å². The molecule has 0 aromatic carbocycles. The van der Waals surface area contributed by atoms with Gasteiger partial charge in [-0.25, -0.2) is 4.79 Å². The number of urea groups is 1. The van der Waals surface area contributed by atoms with Gasteiger partial charge in [0.1, 0.15) is 5.01 Å². The summed E-state index contributed by atoms with van der Waals surface area (Å²) in [6.45, 7) is 7.63. The van der Waals surface area contributed by atoms with Crippen molar-refractivity contribution in [3.63, 3.8) is 0 Å². The predicted octanol–water partition coefficient (Wildman–Crippen LogP) is 2.60. The number of aryl methyl sites for hydroxylation is 1. The largest absolute Gasteiger partial charge is 0.333 e. The number of amides is 3. The van der Waals surface area contributed by atoms with Gasteiger partial charge < -0.3 is 5.32 Å². The number of aromatic nitrogens is 4. The van der Waals surface area contributed by atoms with Gasteiger partial charge in [-0.3, -0.25) is 15.4 Å². The molecule has 2 heterocycles. The first kappa shape index (κ1) is 19.5. The topological polar surface area (TPSA) is 122 Å². The first-order valence-electron chi connectivity index (χ1n) is 7.43. The summed E-state index contributed by atoms with van der Waals surface area (Å²) in [6, 6.07) is -0.346. The standard InChI is InChI=1S/C13H19N7O2S3/c1-5-8-17-18-10(24-8)14-7(21)6-23-12-20-19-11(25-12)15-9(22)16-13(2,3)4/h5-6H2,1-4H3,(H,14,18,21)(H2,15,16,19,22). The lowest BCUT2D eigenvalue weighted by Gasteiger charge is -2.19. The Kier molecular flexibility index (Phi) is 6.67. The molecule has 0 spiro atoms. The summed E-state index contributed by atoms with van der Waals surface area (Å²) in [5.74, 6) is -0.0249. The minimum atomic E-state index is -0.346. The van der Waals surface area contributed by atoms with Crippen LogP contribution in [0.5, 0.6) is 0 Å². The van der Waals surface area contributed by atoms with Crippen molar-refractivity contribution in [3.05, 3.63) is 5.01 Å². The Morgan fingerprint density at radius 2 is 1.72 bits per heavy atom. The molecule has 25 heavy (non-hydrogen) atoms. The molecule has 136 valence electrons. The Balaban J connectivity index is 1.78. The molecule has 9 nitrogen and oxygen atoms in total. The van der Waals surface area contributed by atoms with Gasteiger partial charge in [-0.15, -0.1) is 20.4 Å². The second-order valence-electron chi connectivity index (χ2n) is 5.89. The van der Waals surface area contributed by atoms with Crippen molar-refractivity contribution in [2.75, 3.05) is 16.4 Å². The molecular weight excluding hydrogens is 382 g/mol. The van der Waals surface area contributed by atoms with Crippen LogP contribution in [-0.4, -0.2) is 43.6 Å². The van der Waals surface area contributed by atoms with Crippen molar-refractivity contribution in [1.82, 2.24) is 25.7 Å². The smallest absolute Gasteiger partial charge is 0.321 e. The Morgan fingerprint density at radius 3 is 2.36 bits per heavy atom. The average Bonchev–Trinajstić information content (AvgIpc) is 3.12. The summed E-state index contributed by atoms with van der Waals surface area (Å²) in [6.07, 6.45) is 0.783. The number of hydrogen-bond donors (Lipinski definition) is 3. The van der Waals surface area contributed by atoms with Crippen LogP contribution < -0.4 is 16.0 Å². The second-order valence-corrected chi connectivity index (χ2v) is 9.16. The first-order valence-corrected chi connectivity index (χ1v) is 10.0.